The smallest absolute Gasteiger partial charge is 0.123 e. The van der Waals surface area contributed by atoms with E-state index in [1.54, 1.807) is 7.11 Å². The number of benzene rings is 1. The lowest BCUT2D eigenvalue weighted by molar-refractivity contribution is 0.407. The van der Waals surface area contributed by atoms with Crippen molar-refractivity contribution in [1.29, 1.82) is 0 Å². The zero-order chi connectivity index (χ0) is 10.4. The normalized spacial score (nSPS) is 10.2. The van der Waals surface area contributed by atoms with Gasteiger partial charge in [0.2, 0.25) is 0 Å². The van der Waals surface area contributed by atoms with Crippen molar-refractivity contribution in [3.63, 3.8) is 0 Å². The van der Waals surface area contributed by atoms with Gasteiger partial charge in [0.05, 0.1) is 7.11 Å². The summed E-state index contributed by atoms with van der Waals surface area (Å²) in [5, 5.41) is 3.09. The fourth-order valence-electron chi connectivity index (χ4n) is 1.40. The zero-order valence-corrected chi connectivity index (χ0v) is 8.84. The van der Waals surface area contributed by atoms with Crippen LogP contribution in [0.25, 0.3) is 0 Å². The Labute approximate surface area is 85.3 Å². The van der Waals surface area contributed by atoms with Gasteiger partial charge in [-0.15, -0.1) is 0 Å². The predicted molar refractivity (Wildman–Crippen MR) is 58.3 cm³/mol. The van der Waals surface area contributed by atoms with E-state index in [2.05, 4.69) is 24.4 Å². The van der Waals surface area contributed by atoms with E-state index in [9.17, 15) is 0 Å². The first-order valence-electron chi connectivity index (χ1n) is 4.88. The molecule has 0 unspecified atom stereocenters. The highest BCUT2D eigenvalue weighted by molar-refractivity contribution is 5.37. The summed E-state index contributed by atoms with van der Waals surface area (Å²) in [5.74, 6) is 0.920. The second-order valence-electron chi connectivity index (χ2n) is 3.13. The van der Waals surface area contributed by atoms with E-state index >= 15 is 0 Å². The van der Waals surface area contributed by atoms with Gasteiger partial charge >= 0.3 is 0 Å². The van der Waals surface area contributed by atoms with E-state index in [4.69, 9.17) is 10.5 Å². The van der Waals surface area contributed by atoms with E-state index in [0.717, 1.165) is 24.3 Å². The monoisotopic (exact) mass is 194 g/mol. The van der Waals surface area contributed by atoms with E-state index in [1.165, 1.54) is 5.56 Å². The lowest BCUT2D eigenvalue weighted by atomic mass is 10.1. The van der Waals surface area contributed by atoms with Crippen molar-refractivity contribution in [2.24, 2.45) is 5.73 Å². The molecule has 0 heterocycles. The number of nitrogens with two attached hydrogens (primary N) is 1. The molecule has 0 amide bonds. The van der Waals surface area contributed by atoms with Crippen molar-refractivity contribution in [3.05, 3.63) is 29.3 Å². The van der Waals surface area contributed by atoms with Gasteiger partial charge in [0.25, 0.3) is 0 Å². The minimum absolute atomic E-state index is 0.486. The van der Waals surface area contributed by atoms with Crippen LogP contribution in [0.5, 0.6) is 5.75 Å². The zero-order valence-electron chi connectivity index (χ0n) is 8.84. The molecule has 3 nitrogen and oxygen atoms in total. The Morgan fingerprint density at radius 3 is 2.79 bits per heavy atom. The number of ether oxygens (including phenoxy) is 1. The third kappa shape index (κ3) is 2.72. The van der Waals surface area contributed by atoms with E-state index in [-0.39, 0.29) is 0 Å². The Morgan fingerprint density at radius 1 is 1.43 bits per heavy atom. The first-order valence-corrected chi connectivity index (χ1v) is 4.88. The molecular weight excluding hydrogens is 176 g/mol. The van der Waals surface area contributed by atoms with Crippen LogP contribution in [0.4, 0.5) is 0 Å². The van der Waals surface area contributed by atoms with Crippen LogP contribution in [-0.4, -0.2) is 13.8 Å². The average Bonchev–Trinajstić information content (AvgIpc) is 2.25. The molecule has 0 atom stereocenters. The molecule has 1 aromatic rings. The fourth-order valence-corrected chi connectivity index (χ4v) is 1.40. The molecule has 0 fully saturated rings. The molecule has 0 saturated heterocycles. The van der Waals surface area contributed by atoms with Crippen LogP contribution < -0.4 is 15.8 Å². The maximum atomic E-state index is 5.39. The molecule has 14 heavy (non-hydrogen) atoms. The Morgan fingerprint density at radius 2 is 2.21 bits per heavy atom. The number of methoxy groups -OCH3 is 1. The second kappa shape index (κ2) is 5.62. The number of rotatable bonds is 5. The van der Waals surface area contributed by atoms with Crippen LogP contribution in [-0.2, 0) is 13.0 Å². The van der Waals surface area contributed by atoms with E-state index in [1.807, 2.05) is 6.07 Å². The molecule has 0 aliphatic heterocycles. The van der Waals surface area contributed by atoms with Crippen LogP contribution in [0.15, 0.2) is 18.2 Å². The van der Waals surface area contributed by atoms with Gasteiger partial charge < -0.3 is 15.8 Å². The Hall–Kier alpha value is -1.06. The summed E-state index contributed by atoms with van der Waals surface area (Å²) in [6.45, 7) is 3.38. The first kappa shape index (κ1) is 11.0. The Bertz CT molecular complexity index is 287. The number of aryl methyl sites for hydroxylation is 1. The summed E-state index contributed by atoms with van der Waals surface area (Å²) in [6, 6.07) is 6.25. The summed E-state index contributed by atoms with van der Waals surface area (Å²) in [5.41, 5.74) is 7.87. The summed E-state index contributed by atoms with van der Waals surface area (Å²) in [7, 11) is 1.69. The van der Waals surface area contributed by atoms with Crippen LogP contribution >= 0.6 is 0 Å². The maximum Gasteiger partial charge on any atom is 0.123 e. The summed E-state index contributed by atoms with van der Waals surface area (Å²) < 4.78 is 5.26. The highest BCUT2D eigenvalue weighted by Gasteiger charge is 2.02. The summed E-state index contributed by atoms with van der Waals surface area (Å²) in [6.07, 6.45) is 1.04. The molecule has 0 spiro atoms. The van der Waals surface area contributed by atoms with Crippen LogP contribution in [0.1, 0.15) is 18.1 Å². The van der Waals surface area contributed by atoms with Crippen LogP contribution in [0, 0.1) is 0 Å². The highest BCUT2D eigenvalue weighted by Crippen LogP contribution is 2.19. The van der Waals surface area contributed by atoms with Crippen molar-refractivity contribution in [2.45, 2.75) is 19.9 Å². The fraction of sp³-hybridized carbons (Fsp3) is 0.455. The third-order valence-electron chi connectivity index (χ3n) is 2.21. The van der Waals surface area contributed by atoms with E-state index < -0.39 is 0 Å². The minimum Gasteiger partial charge on any atom is -0.496 e. The van der Waals surface area contributed by atoms with Gasteiger partial charge in [0.1, 0.15) is 5.75 Å². The predicted octanol–water partition coefficient (Wildman–Crippen LogP) is 1.26. The van der Waals surface area contributed by atoms with Gasteiger partial charge in [-0.25, -0.2) is 0 Å². The van der Waals surface area contributed by atoms with Gasteiger partial charge in [0.15, 0.2) is 0 Å². The molecule has 0 aliphatic carbocycles. The molecule has 0 aromatic heterocycles. The lowest BCUT2D eigenvalue weighted by Crippen LogP contribution is -2.21. The number of hydrogen-bond acceptors (Lipinski definition) is 3. The molecule has 78 valence electrons. The molecule has 1 aromatic carbocycles. The molecule has 0 radical (unpaired) electrons. The highest BCUT2D eigenvalue weighted by atomic mass is 16.5. The average molecular weight is 194 g/mol. The summed E-state index contributed by atoms with van der Waals surface area (Å²) in [4.78, 5) is 0. The molecular formula is C11H18N2O. The molecule has 3 heteroatoms. The van der Waals surface area contributed by atoms with E-state index in [0.29, 0.717) is 6.67 Å². The van der Waals surface area contributed by atoms with Gasteiger partial charge in [-0.1, -0.05) is 19.1 Å². The Balaban J connectivity index is 2.84. The standard InChI is InChI=1S/C11H18N2O/c1-3-9-4-5-11(14-2)10(6-9)7-13-8-12/h4-6,13H,3,7-8,12H2,1-2H3. The topological polar surface area (TPSA) is 47.3 Å². The van der Waals surface area contributed by atoms with Gasteiger partial charge in [-0.05, 0) is 18.1 Å². The lowest BCUT2D eigenvalue weighted by Gasteiger charge is -2.10. The quantitative estimate of drug-likeness (QED) is 0.694. The molecule has 1 rings (SSSR count). The van der Waals surface area contributed by atoms with Crippen molar-refractivity contribution < 1.29 is 4.74 Å². The minimum atomic E-state index is 0.486. The molecule has 0 bridgehead atoms. The number of nitrogens with one attached hydrogen (secondary N) is 1. The molecule has 0 aliphatic rings. The first-order chi connectivity index (χ1) is 6.81. The second-order valence-corrected chi connectivity index (χ2v) is 3.13. The SMILES string of the molecule is CCc1ccc(OC)c(CNCN)c1. The maximum absolute atomic E-state index is 5.39. The van der Waals surface area contributed by atoms with Gasteiger partial charge in [-0.2, -0.15) is 0 Å². The Kier molecular flexibility index (Phi) is 4.43. The van der Waals surface area contributed by atoms with Crippen molar-refractivity contribution in [2.75, 3.05) is 13.8 Å². The van der Waals surface area contributed by atoms with Crippen LogP contribution in [0.3, 0.4) is 0 Å². The summed E-state index contributed by atoms with van der Waals surface area (Å²) >= 11 is 0. The van der Waals surface area contributed by atoms with Crippen molar-refractivity contribution >= 4 is 0 Å². The van der Waals surface area contributed by atoms with Crippen LogP contribution in [0.2, 0.25) is 0 Å². The third-order valence-corrected chi connectivity index (χ3v) is 2.21. The largest absolute Gasteiger partial charge is 0.496 e. The molecule has 3 N–H and O–H groups in total. The van der Waals surface area contributed by atoms with Gasteiger partial charge in [0, 0.05) is 18.8 Å². The number of hydrogen-bond donors (Lipinski definition) is 2. The van der Waals surface area contributed by atoms with Gasteiger partial charge in [-0.3, -0.25) is 0 Å². The molecule has 0 saturated carbocycles. The van der Waals surface area contributed by atoms with Crippen molar-refractivity contribution in [3.8, 4) is 5.75 Å². The van der Waals surface area contributed by atoms with Crippen molar-refractivity contribution in [1.82, 2.24) is 5.32 Å².